The molecule has 1 rings (SSSR count). The fraction of sp³-hybridized carbons (Fsp3) is 0.333. The quantitative estimate of drug-likeness (QED) is 0.788. The number of hydrogen-bond donors (Lipinski definition) is 1. The Bertz CT molecular complexity index is 373. The van der Waals surface area contributed by atoms with Crippen molar-refractivity contribution in [2.45, 2.75) is 19.8 Å². The number of aromatic carboxylic acids is 1. The van der Waals surface area contributed by atoms with Gasteiger partial charge >= 0.3 is 5.97 Å². The summed E-state index contributed by atoms with van der Waals surface area (Å²) in [4.78, 5) is 11.3. The van der Waals surface area contributed by atoms with Crippen molar-refractivity contribution < 1.29 is 9.90 Å². The maximum Gasteiger partial charge on any atom is 0.336 e. The summed E-state index contributed by atoms with van der Waals surface area (Å²) in [5.74, 6) is -0.881. The monoisotopic (exact) mass is 195 g/mol. The smallest absolute Gasteiger partial charge is 0.336 e. The predicted molar refractivity (Wildman–Crippen MR) is 50.1 cm³/mol. The second kappa shape index (κ2) is 3.58. The van der Waals surface area contributed by atoms with Crippen LogP contribution in [0.5, 0.6) is 0 Å². The molecule has 0 aromatic carbocycles. The minimum absolute atomic E-state index is 0.0759. The largest absolute Gasteiger partial charge is 0.478 e. The van der Waals surface area contributed by atoms with Gasteiger partial charge in [0.25, 0.3) is 0 Å². The van der Waals surface area contributed by atoms with Crippen LogP contribution in [0.2, 0.25) is 0 Å². The molecule has 1 aromatic heterocycles. The summed E-state index contributed by atoms with van der Waals surface area (Å²) in [6, 6.07) is 2.01. The van der Waals surface area contributed by atoms with Crippen molar-refractivity contribution in [3.8, 4) is 6.07 Å². The SMILES string of the molecule is CC(C)c1c(C(=O)O)csc1C#N. The Balaban J connectivity index is 3.32. The minimum Gasteiger partial charge on any atom is -0.478 e. The van der Waals surface area contributed by atoms with Gasteiger partial charge in [-0.3, -0.25) is 0 Å². The average Bonchev–Trinajstić information content (AvgIpc) is 2.46. The molecule has 4 heteroatoms. The number of thiophene rings is 1. The summed E-state index contributed by atoms with van der Waals surface area (Å²) in [5.41, 5.74) is 0.913. The average molecular weight is 195 g/mol. The van der Waals surface area contributed by atoms with Crippen LogP contribution in [0.15, 0.2) is 5.38 Å². The van der Waals surface area contributed by atoms with E-state index in [1.54, 1.807) is 0 Å². The van der Waals surface area contributed by atoms with E-state index in [2.05, 4.69) is 0 Å². The van der Waals surface area contributed by atoms with E-state index in [1.165, 1.54) is 16.7 Å². The zero-order valence-corrected chi connectivity index (χ0v) is 8.18. The maximum absolute atomic E-state index is 10.8. The third-order valence-electron chi connectivity index (χ3n) is 1.74. The third-order valence-corrected chi connectivity index (χ3v) is 2.64. The van der Waals surface area contributed by atoms with Crippen molar-refractivity contribution in [2.75, 3.05) is 0 Å². The highest BCUT2D eigenvalue weighted by atomic mass is 32.1. The molecular formula is C9H9NO2S. The summed E-state index contributed by atoms with van der Waals surface area (Å²) < 4.78 is 0. The van der Waals surface area contributed by atoms with Crippen LogP contribution in [-0.2, 0) is 0 Å². The van der Waals surface area contributed by atoms with Crippen molar-refractivity contribution in [3.05, 3.63) is 21.4 Å². The van der Waals surface area contributed by atoms with Crippen LogP contribution in [0.3, 0.4) is 0 Å². The van der Waals surface area contributed by atoms with Crippen molar-refractivity contribution in [3.63, 3.8) is 0 Å². The second-order valence-corrected chi connectivity index (χ2v) is 3.84. The van der Waals surface area contributed by atoms with Crippen molar-refractivity contribution >= 4 is 17.3 Å². The molecule has 0 amide bonds. The van der Waals surface area contributed by atoms with Crippen molar-refractivity contribution in [1.29, 1.82) is 5.26 Å². The minimum atomic E-state index is -0.957. The molecule has 1 heterocycles. The van der Waals surface area contributed by atoms with Crippen LogP contribution in [0.4, 0.5) is 0 Å². The molecule has 0 fully saturated rings. The van der Waals surface area contributed by atoms with Gasteiger partial charge in [0.15, 0.2) is 0 Å². The molecule has 0 bridgehead atoms. The number of carboxylic acid groups (broad SMARTS) is 1. The van der Waals surface area contributed by atoms with E-state index in [-0.39, 0.29) is 11.5 Å². The van der Waals surface area contributed by atoms with Crippen LogP contribution in [-0.4, -0.2) is 11.1 Å². The molecule has 1 aromatic rings. The first kappa shape index (κ1) is 9.75. The van der Waals surface area contributed by atoms with Gasteiger partial charge < -0.3 is 5.11 Å². The Morgan fingerprint density at radius 2 is 2.31 bits per heavy atom. The lowest BCUT2D eigenvalue weighted by molar-refractivity contribution is 0.0696. The Kier molecular flexibility index (Phi) is 2.69. The lowest BCUT2D eigenvalue weighted by atomic mass is 10.00. The molecule has 0 aliphatic rings. The van der Waals surface area contributed by atoms with E-state index >= 15 is 0 Å². The Morgan fingerprint density at radius 3 is 2.69 bits per heavy atom. The third kappa shape index (κ3) is 1.70. The Hall–Kier alpha value is -1.34. The van der Waals surface area contributed by atoms with E-state index in [0.717, 1.165) is 0 Å². The first-order valence-corrected chi connectivity index (χ1v) is 4.70. The standard InChI is InChI=1S/C9H9NO2S/c1-5(2)8-6(9(11)12)4-13-7(8)3-10/h4-5H,1-2H3,(H,11,12). The molecule has 0 unspecified atom stereocenters. The highest BCUT2D eigenvalue weighted by molar-refractivity contribution is 7.11. The first-order chi connectivity index (χ1) is 6.07. The molecule has 0 aliphatic heterocycles. The molecule has 68 valence electrons. The van der Waals surface area contributed by atoms with E-state index < -0.39 is 5.97 Å². The molecule has 0 radical (unpaired) electrons. The lowest BCUT2D eigenvalue weighted by Crippen LogP contribution is -2.01. The Morgan fingerprint density at radius 1 is 1.69 bits per heavy atom. The van der Waals surface area contributed by atoms with Crippen LogP contribution in [0.1, 0.15) is 40.6 Å². The van der Waals surface area contributed by atoms with Gasteiger partial charge in [-0.25, -0.2) is 4.79 Å². The molecule has 3 nitrogen and oxygen atoms in total. The molecule has 0 saturated carbocycles. The molecule has 13 heavy (non-hydrogen) atoms. The van der Waals surface area contributed by atoms with Crippen molar-refractivity contribution in [1.82, 2.24) is 0 Å². The summed E-state index contributed by atoms with van der Waals surface area (Å²) in [7, 11) is 0. The van der Waals surface area contributed by atoms with Crippen LogP contribution < -0.4 is 0 Å². The zero-order chi connectivity index (χ0) is 10.0. The van der Waals surface area contributed by atoms with Crippen LogP contribution in [0.25, 0.3) is 0 Å². The fourth-order valence-electron chi connectivity index (χ4n) is 1.19. The van der Waals surface area contributed by atoms with E-state index in [0.29, 0.717) is 10.4 Å². The van der Waals surface area contributed by atoms with E-state index in [1.807, 2.05) is 19.9 Å². The van der Waals surface area contributed by atoms with Gasteiger partial charge in [0, 0.05) is 5.38 Å². The van der Waals surface area contributed by atoms with Crippen LogP contribution in [0, 0.1) is 11.3 Å². The fourth-order valence-corrected chi connectivity index (χ4v) is 2.18. The highest BCUT2D eigenvalue weighted by Gasteiger charge is 2.18. The van der Waals surface area contributed by atoms with E-state index in [4.69, 9.17) is 10.4 Å². The molecule has 1 N–H and O–H groups in total. The van der Waals surface area contributed by atoms with Gasteiger partial charge in [0.2, 0.25) is 0 Å². The topological polar surface area (TPSA) is 61.1 Å². The number of nitrogens with zero attached hydrogens (tertiary/aromatic N) is 1. The molecule has 0 saturated heterocycles. The lowest BCUT2D eigenvalue weighted by Gasteiger charge is -2.04. The molecule has 0 aliphatic carbocycles. The van der Waals surface area contributed by atoms with Gasteiger partial charge in [-0.1, -0.05) is 13.8 Å². The normalized spacial score (nSPS) is 10.0. The van der Waals surface area contributed by atoms with Crippen LogP contribution >= 0.6 is 11.3 Å². The van der Waals surface area contributed by atoms with Gasteiger partial charge in [0.05, 0.1) is 5.56 Å². The van der Waals surface area contributed by atoms with Gasteiger partial charge in [-0.15, -0.1) is 11.3 Å². The number of carboxylic acids is 1. The van der Waals surface area contributed by atoms with Gasteiger partial charge in [-0.05, 0) is 11.5 Å². The Labute approximate surface area is 80.2 Å². The summed E-state index contributed by atoms with van der Waals surface area (Å²) in [5, 5.41) is 19.1. The molecular weight excluding hydrogens is 186 g/mol. The predicted octanol–water partition coefficient (Wildman–Crippen LogP) is 2.44. The zero-order valence-electron chi connectivity index (χ0n) is 7.37. The first-order valence-electron chi connectivity index (χ1n) is 3.82. The molecule has 0 spiro atoms. The number of nitriles is 1. The molecule has 0 atom stereocenters. The van der Waals surface area contributed by atoms with Crippen molar-refractivity contribution in [2.24, 2.45) is 0 Å². The number of carbonyl (C=O) groups is 1. The van der Waals surface area contributed by atoms with E-state index in [9.17, 15) is 4.79 Å². The maximum atomic E-state index is 10.8. The number of hydrogen-bond acceptors (Lipinski definition) is 3. The summed E-state index contributed by atoms with van der Waals surface area (Å²) >= 11 is 1.19. The number of rotatable bonds is 2. The highest BCUT2D eigenvalue weighted by Crippen LogP contribution is 2.28. The second-order valence-electron chi connectivity index (χ2n) is 2.96. The summed E-state index contributed by atoms with van der Waals surface area (Å²) in [6.07, 6.45) is 0. The van der Waals surface area contributed by atoms with Gasteiger partial charge in [0.1, 0.15) is 10.9 Å². The summed E-state index contributed by atoms with van der Waals surface area (Å²) in [6.45, 7) is 3.77. The van der Waals surface area contributed by atoms with Gasteiger partial charge in [-0.2, -0.15) is 5.26 Å².